The van der Waals surface area contributed by atoms with Crippen LogP contribution in [0.3, 0.4) is 0 Å². The monoisotopic (exact) mass is 267 g/mol. The minimum absolute atomic E-state index is 0.000577. The van der Waals surface area contributed by atoms with Crippen molar-refractivity contribution in [1.29, 1.82) is 0 Å². The Morgan fingerprint density at radius 3 is 2.83 bits per heavy atom. The summed E-state index contributed by atoms with van der Waals surface area (Å²) in [6, 6.07) is 3.27. The molecular weight excluding hydrogens is 250 g/mol. The molecule has 98 valence electrons. The molecule has 0 amide bonds. The lowest BCUT2D eigenvalue weighted by Crippen LogP contribution is -2.26. The van der Waals surface area contributed by atoms with Gasteiger partial charge in [0.05, 0.1) is 13.2 Å². The Balaban J connectivity index is 2.78. The third-order valence-corrected chi connectivity index (χ3v) is 2.87. The normalized spacial score (nSPS) is 11.9. The molecule has 0 aliphatic heterocycles. The summed E-state index contributed by atoms with van der Waals surface area (Å²) in [5.41, 5.74) is 0.677. The van der Waals surface area contributed by atoms with Gasteiger partial charge in [-0.1, -0.05) is 30.9 Å². The average molecular weight is 268 g/mol. The standard InChI is InChI=1S/C14H18ClNO2/c1-4-6-12(5-2)16-9-10-7-11(15)8-13(18-3)14(10)17/h2,7-8,12,16-17H,4,6,9H2,1,3H3. The number of phenols is 1. The van der Waals surface area contributed by atoms with Gasteiger partial charge in [0.15, 0.2) is 11.5 Å². The van der Waals surface area contributed by atoms with E-state index in [0.29, 0.717) is 22.9 Å². The molecule has 1 aromatic rings. The van der Waals surface area contributed by atoms with Crippen molar-refractivity contribution < 1.29 is 9.84 Å². The van der Waals surface area contributed by atoms with Crippen molar-refractivity contribution in [3.8, 4) is 23.8 Å². The Bertz CT molecular complexity index is 440. The number of phenolic OH excluding ortho intramolecular Hbond substituents is 1. The molecular formula is C14H18ClNO2. The molecule has 2 N–H and O–H groups in total. The van der Waals surface area contributed by atoms with Crippen molar-refractivity contribution in [3.63, 3.8) is 0 Å². The summed E-state index contributed by atoms with van der Waals surface area (Å²) in [6.45, 7) is 2.53. The molecule has 0 bridgehead atoms. The molecule has 0 heterocycles. The van der Waals surface area contributed by atoms with Crippen LogP contribution in [0, 0.1) is 12.3 Å². The van der Waals surface area contributed by atoms with Crippen LogP contribution in [0.5, 0.6) is 11.5 Å². The number of rotatable bonds is 6. The number of aromatic hydroxyl groups is 1. The minimum atomic E-state index is -0.000577. The average Bonchev–Trinajstić information content (AvgIpc) is 2.37. The summed E-state index contributed by atoms with van der Waals surface area (Å²) in [5.74, 6) is 3.15. The molecule has 0 saturated heterocycles. The third kappa shape index (κ3) is 3.83. The second kappa shape index (κ2) is 7.15. The maximum absolute atomic E-state index is 9.95. The molecule has 4 heteroatoms. The summed E-state index contributed by atoms with van der Waals surface area (Å²) < 4.78 is 5.04. The van der Waals surface area contributed by atoms with Gasteiger partial charge in [0, 0.05) is 23.2 Å². The first-order chi connectivity index (χ1) is 8.62. The Morgan fingerprint density at radius 1 is 1.56 bits per heavy atom. The van der Waals surface area contributed by atoms with Crippen LogP contribution >= 0.6 is 11.6 Å². The summed E-state index contributed by atoms with van der Waals surface area (Å²) in [6.07, 6.45) is 7.33. The number of methoxy groups -OCH3 is 1. The first-order valence-corrected chi connectivity index (χ1v) is 6.25. The highest BCUT2D eigenvalue weighted by molar-refractivity contribution is 6.30. The summed E-state index contributed by atoms with van der Waals surface area (Å²) in [5, 5.41) is 13.7. The number of hydrogen-bond donors (Lipinski definition) is 2. The van der Waals surface area contributed by atoms with Gasteiger partial charge < -0.3 is 9.84 Å². The van der Waals surface area contributed by atoms with Crippen molar-refractivity contribution in [2.45, 2.75) is 32.4 Å². The maximum Gasteiger partial charge on any atom is 0.162 e. The number of terminal acetylenes is 1. The molecule has 1 aromatic carbocycles. The van der Waals surface area contributed by atoms with Gasteiger partial charge in [-0.15, -0.1) is 6.42 Å². The Labute approximate surface area is 113 Å². The highest BCUT2D eigenvalue weighted by Gasteiger charge is 2.11. The topological polar surface area (TPSA) is 41.5 Å². The van der Waals surface area contributed by atoms with E-state index in [2.05, 4.69) is 18.2 Å². The SMILES string of the molecule is C#CC(CCC)NCc1cc(Cl)cc(OC)c1O. The third-order valence-electron chi connectivity index (χ3n) is 2.66. The van der Waals surface area contributed by atoms with Crippen LogP contribution in [0.4, 0.5) is 0 Å². The fourth-order valence-electron chi connectivity index (χ4n) is 1.68. The number of benzene rings is 1. The van der Waals surface area contributed by atoms with Gasteiger partial charge in [-0.3, -0.25) is 5.32 Å². The van der Waals surface area contributed by atoms with Gasteiger partial charge in [-0.25, -0.2) is 0 Å². The van der Waals surface area contributed by atoms with E-state index in [-0.39, 0.29) is 11.8 Å². The van der Waals surface area contributed by atoms with Gasteiger partial charge >= 0.3 is 0 Å². The number of halogens is 1. The molecule has 3 nitrogen and oxygen atoms in total. The van der Waals surface area contributed by atoms with Gasteiger partial charge in [0.25, 0.3) is 0 Å². The number of hydrogen-bond acceptors (Lipinski definition) is 3. The Hall–Kier alpha value is -1.37. The van der Waals surface area contributed by atoms with E-state index in [1.54, 1.807) is 12.1 Å². The minimum Gasteiger partial charge on any atom is -0.504 e. The van der Waals surface area contributed by atoms with Gasteiger partial charge in [0.2, 0.25) is 0 Å². The predicted molar refractivity (Wildman–Crippen MR) is 74.0 cm³/mol. The largest absolute Gasteiger partial charge is 0.504 e. The second-order valence-corrected chi connectivity index (χ2v) is 4.44. The van der Waals surface area contributed by atoms with E-state index >= 15 is 0 Å². The van der Waals surface area contributed by atoms with Crippen LogP contribution in [-0.4, -0.2) is 18.3 Å². The van der Waals surface area contributed by atoms with E-state index in [0.717, 1.165) is 12.8 Å². The molecule has 0 aliphatic rings. The van der Waals surface area contributed by atoms with Crippen LogP contribution in [0.2, 0.25) is 5.02 Å². The van der Waals surface area contributed by atoms with Gasteiger partial charge in [-0.2, -0.15) is 0 Å². The molecule has 1 atom stereocenters. The van der Waals surface area contributed by atoms with Crippen LogP contribution in [-0.2, 0) is 6.54 Å². The summed E-state index contributed by atoms with van der Waals surface area (Å²) >= 11 is 5.95. The van der Waals surface area contributed by atoms with E-state index in [1.165, 1.54) is 7.11 Å². The zero-order valence-corrected chi connectivity index (χ0v) is 11.4. The smallest absolute Gasteiger partial charge is 0.162 e. The zero-order valence-electron chi connectivity index (χ0n) is 10.7. The van der Waals surface area contributed by atoms with Crippen LogP contribution in [0.1, 0.15) is 25.3 Å². The van der Waals surface area contributed by atoms with Crippen LogP contribution in [0.15, 0.2) is 12.1 Å². The molecule has 0 aliphatic carbocycles. The summed E-state index contributed by atoms with van der Waals surface area (Å²) in [7, 11) is 1.49. The van der Waals surface area contributed by atoms with Gasteiger partial charge in [-0.05, 0) is 12.5 Å². The van der Waals surface area contributed by atoms with Crippen molar-refractivity contribution in [3.05, 3.63) is 22.7 Å². The molecule has 1 unspecified atom stereocenters. The Morgan fingerprint density at radius 2 is 2.28 bits per heavy atom. The van der Waals surface area contributed by atoms with Crippen molar-refractivity contribution >= 4 is 11.6 Å². The Kier molecular flexibility index (Phi) is 5.84. The lowest BCUT2D eigenvalue weighted by atomic mass is 10.1. The molecule has 0 radical (unpaired) electrons. The lowest BCUT2D eigenvalue weighted by molar-refractivity contribution is 0.369. The second-order valence-electron chi connectivity index (χ2n) is 4.00. The molecule has 0 aromatic heterocycles. The van der Waals surface area contributed by atoms with Gasteiger partial charge in [0.1, 0.15) is 0 Å². The predicted octanol–water partition coefficient (Wildman–Crippen LogP) is 2.95. The van der Waals surface area contributed by atoms with Crippen molar-refractivity contribution in [2.75, 3.05) is 7.11 Å². The molecule has 0 fully saturated rings. The fraction of sp³-hybridized carbons (Fsp3) is 0.429. The summed E-state index contributed by atoms with van der Waals surface area (Å²) in [4.78, 5) is 0. The van der Waals surface area contributed by atoms with Crippen molar-refractivity contribution in [2.24, 2.45) is 0 Å². The molecule has 0 saturated carbocycles. The van der Waals surface area contributed by atoms with Crippen LogP contribution < -0.4 is 10.1 Å². The maximum atomic E-state index is 9.95. The lowest BCUT2D eigenvalue weighted by Gasteiger charge is -2.14. The van der Waals surface area contributed by atoms with E-state index in [1.807, 2.05) is 0 Å². The first-order valence-electron chi connectivity index (χ1n) is 5.87. The molecule has 1 rings (SSSR count). The zero-order chi connectivity index (χ0) is 13.5. The van der Waals surface area contributed by atoms with E-state index in [9.17, 15) is 5.11 Å². The highest BCUT2D eigenvalue weighted by Crippen LogP contribution is 2.33. The van der Waals surface area contributed by atoms with E-state index < -0.39 is 0 Å². The van der Waals surface area contributed by atoms with E-state index in [4.69, 9.17) is 22.8 Å². The number of ether oxygens (including phenoxy) is 1. The quantitative estimate of drug-likeness (QED) is 0.779. The van der Waals surface area contributed by atoms with Crippen molar-refractivity contribution in [1.82, 2.24) is 5.32 Å². The molecule has 18 heavy (non-hydrogen) atoms. The first kappa shape index (κ1) is 14.7. The highest BCUT2D eigenvalue weighted by atomic mass is 35.5. The fourth-order valence-corrected chi connectivity index (χ4v) is 1.92. The molecule has 0 spiro atoms. The number of nitrogens with one attached hydrogen (secondary N) is 1. The van der Waals surface area contributed by atoms with Crippen LogP contribution in [0.25, 0.3) is 0 Å².